The van der Waals surface area contributed by atoms with Gasteiger partial charge in [-0.25, -0.2) is 0 Å². The first-order valence-electron chi connectivity index (χ1n) is 8.19. The van der Waals surface area contributed by atoms with Crippen LogP contribution in [0.25, 0.3) is 0 Å². The second-order valence-electron chi connectivity index (χ2n) is 5.03. The highest BCUT2D eigenvalue weighted by molar-refractivity contribution is 5.90. The van der Waals surface area contributed by atoms with Crippen LogP contribution < -0.4 is 0 Å². The number of carboxylic acids is 1. The number of hydrogen-bond acceptors (Lipinski definition) is 2. The molecule has 0 aliphatic heterocycles. The first-order chi connectivity index (χ1) is 11.2. The van der Waals surface area contributed by atoms with Crippen molar-refractivity contribution in [1.29, 1.82) is 0 Å². The number of hydrogen-bond donors (Lipinski definition) is 1. The van der Waals surface area contributed by atoms with Gasteiger partial charge in [0.2, 0.25) is 0 Å². The zero-order valence-corrected chi connectivity index (χ0v) is 14.0. The van der Waals surface area contributed by atoms with Crippen molar-refractivity contribution in [2.45, 2.75) is 51.9 Å². The quantitative estimate of drug-likeness (QED) is 0.290. The van der Waals surface area contributed by atoms with Crippen LogP contribution in [0.15, 0.2) is 60.8 Å². The topological polar surface area (TPSA) is 54.4 Å². The minimum atomic E-state index is -0.860. The van der Waals surface area contributed by atoms with E-state index >= 15 is 0 Å². The van der Waals surface area contributed by atoms with Crippen LogP contribution in [0.4, 0.5) is 0 Å². The van der Waals surface area contributed by atoms with Gasteiger partial charge in [0.25, 0.3) is 0 Å². The smallest absolute Gasteiger partial charge is 0.303 e. The van der Waals surface area contributed by atoms with Crippen molar-refractivity contribution in [1.82, 2.24) is 0 Å². The number of aliphatic carboxylic acids is 1. The summed E-state index contributed by atoms with van der Waals surface area (Å²) in [5.74, 6) is -0.894. The zero-order valence-electron chi connectivity index (χ0n) is 14.0. The summed E-state index contributed by atoms with van der Waals surface area (Å²) in [6, 6.07) is 0. The molecule has 0 aromatic heterocycles. The number of carboxylic acid groups (broad SMARTS) is 1. The first-order valence-corrected chi connectivity index (χ1v) is 8.19. The van der Waals surface area contributed by atoms with E-state index in [2.05, 4.69) is 43.4 Å². The second kappa shape index (κ2) is 16.2. The minimum absolute atomic E-state index is 0.0336. The Morgan fingerprint density at radius 1 is 0.783 bits per heavy atom. The van der Waals surface area contributed by atoms with Gasteiger partial charge in [-0.15, -0.1) is 0 Å². The molecule has 0 aromatic rings. The van der Waals surface area contributed by atoms with Gasteiger partial charge in [-0.05, 0) is 38.2 Å². The highest BCUT2D eigenvalue weighted by atomic mass is 16.4. The summed E-state index contributed by atoms with van der Waals surface area (Å²) in [5.41, 5.74) is 0. The van der Waals surface area contributed by atoms with Crippen LogP contribution in [-0.4, -0.2) is 16.9 Å². The Bertz CT molecular complexity index is 465. The summed E-state index contributed by atoms with van der Waals surface area (Å²) in [6.07, 6.45) is 24.4. The molecular weight excluding hydrogens is 288 g/mol. The van der Waals surface area contributed by atoms with Gasteiger partial charge >= 0.3 is 5.97 Å². The third-order valence-corrected chi connectivity index (χ3v) is 2.90. The molecule has 0 rings (SSSR count). The van der Waals surface area contributed by atoms with Crippen molar-refractivity contribution >= 4 is 11.8 Å². The fourth-order valence-corrected chi connectivity index (χ4v) is 1.70. The van der Waals surface area contributed by atoms with Crippen LogP contribution in [0, 0.1) is 0 Å². The molecule has 0 heterocycles. The summed E-state index contributed by atoms with van der Waals surface area (Å²) in [6.45, 7) is 2.13. The lowest BCUT2D eigenvalue weighted by Crippen LogP contribution is -1.97. The molecule has 0 unspecified atom stereocenters. The number of ketones is 1. The van der Waals surface area contributed by atoms with E-state index in [-0.39, 0.29) is 18.6 Å². The largest absolute Gasteiger partial charge is 0.481 e. The van der Waals surface area contributed by atoms with Gasteiger partial charge in [0, 0.05) is 12.8 Å². The normalized spacial score (nSPS) is 12.6. The average Bonchev–Trinajstić information content (AvgIpc) is 2.51. The van der Waals surface area contributed by atoms with Crippen molar-refractivity contribution in [3.8, 4) is 0 Å². The Morgan fingerprint density at radius 3 is 1.91 bits per heavy atom. The summed E-state index contributed by atoms with van der Waals surface area (Å²) in [7, 11) is 0. The molecule has 0 aliphatic carbocycles. The van der Waals surface area contributed by atoms with Gasteiger partial charge in [0.1, 0.15) is 0 Å². The van der Waals surface area contributed by atoms with Gasteiger partial charge in [-0.2, -0.15) is 0 Å². The Kier molecular flexibility index (Phi) is 14.7. The molecule has 0 saturated heterocycles. The molecule has 0 spiro atoms. The van der Waals surface area contributed by atoms with Crippen LogP contribution in [0.5, 0.6) is 0 Å². The van der Waals surface area contributed by atoms with Crippen LogP contribution in [0.2, 0.25) is 0 Å². The van der Waals surface area contributed by atoms with Crippen LogP contribution >= 0.6 is 0 Å². The third kappa shape index (κ3) is 17.8. The summed E-state index contributed by atoms with van der Waals surface area (Å²) >= 11 is 0. The maximum absolute atomic E-state index is 11.4. The van der Waals surface area contributed by atoms with Gasteiger partial charge in [0.05, 0.1) is 0 Å². The number of rotatable bonds is 13. The molecular formula is C20H28O3. The molecule has 1 N–H and O–H groups in total. The molecule has 0 aromatic carbocycles. The van der Waals surface area contributed by atoms with E-state index in [1.165, 1.54) is 6.08 Å². The molecule has 0 saturated carbocycles. The van der Waals surface area contributed by atoms with E-state index < -0.39 is 5.97 Å². The van der Waals surface area contributed by atoms with Crippen molar-refractivity contribution < 1.29 is 14.7 Å². The molecule has 0 amide bonds. The maximum atomic E-state index is 11.4. The van der Waals surface area contributed by atoms with Gasteiger partial charge in [0.15, 0.2) is 5.78 Å². The number of carbonyl (C=O) groups is 2. The Balaban J connectivity index is 3.67. The van der Waals surface area contributed by atoms with E-state index in [1.54, 1.807) is 6.08 Å². The highest BCUT2D eigenvalue weighted by Crippen LogP contribution is 1.98. The van der Waals surface area contributed by atoms with Crippen molar-refractivity contribution in [2.75, 3.05) is 0 Å². The van der Waals surface area contributed by atoms with Crippen molar-refractivity contribution in [3.05, 3.63) is 60.8 Å². The van der Waals surface area contributed by atoms with Crippen LogP contribution in [-0.2, 0) is 9.59 Å². The van der Waals surface area contributed by atoms with Crippen LogP contribution in [0.3, 0.4) is 0 Å². The Labute approximate surface area is 139 Å². The standard InChI is InChI=1S/C20H28O3/c1-2-3-4-5-6-7-8-9-10-11-12-13-14-16-19(21)17-15-18-20(22)23/h3-4,6-7,9-10,12-14,16H,2,5,8,11,15,17-18H2,1H3,(H,22,23). The SMILES string of the molecule is CCC=CCC=CCC=CCC=CC=CC(=O)CCCC(=O)O. The van der Waals surface area contributed by atoms with Gasteiger partial charge in [-0.1, -0.05) is 61.6 Å². The Hall–Kier alpha value is -2.16. The fraction of sp³-hybridized carbons (Fsp3) is 0.400. The van der Waals surface area contributed by atoms with E-state index in [0.29, 0.717) is 6.42 Å². The van der Waals surface area contributed by atoms with Crippen molar-refractivity contribution in [3.63, 3.8) is 0 Å². The Morgan fingerprint density at radius 2 is 1.35 bits per heavy atom. The van der Waals surface area contributed by atoms with E-state index in [0.717, 1.165) is 25.7 Å². The van der Waals surface area contributed by atoms with Crippen molar-refractivity contribution in [2.24, 2.45) is 0 Å². The molecule has 0 aliphatic rings. The average molecular weight is 316 g/mol. The molecule has 0 atom stereocenters. The summed E-state index contributed by atoms with van der Waals surface area (Å²) in [5, 5.41) is 8.47. The summed E-state index contributed by atoms with van der Waals surface area (Å²) < 4.78 is 0. The van der Waals surface area contributed by atoms with E-state index in [4.69, 9.17) is 5.11 Å². The molecule has 3 heteroatoms. The van der Waals surface area contributed by atoms with Crippen LogP contribution in [0.1, 0.15) is 51.9 Å². The molecule has 3 nitrogen and oxygen atoms in total. The molecule has 0 radical (unpaired) electrons. The van der Waals surface area contributed by atoms with E-state index in [9.17, 15) is 9.59 Å². The first kappa shape index (κ1) is 20.8. The third-order valence-electron chi connectivity index (χ3n) is 2.90. The second-order valence-corrected chi connectivity index (χ2v) is 5.03. The maximum Gasteiger partial charge on any atom is 0.303 e. The minimum Gasteiger partial charge on any atom is -0.481 e. The molecule has 0 bridgehead atoms. The van der Waals surface area contributed by atoms with E-state index in [1.807, 2.05) is 12.2 Å². The summed E-state index contributed by atoms with van der Waals surface area (Å²) in [4.78, 5) is 21.7. The monoisotopic (exact) mass is 316 g/mol. The molecule has 23 heavy (non-hydrogen) atoms. The van der Waals surface area contributed by atoms with Gasteiger partial charge < -0.3 is 5.11 Å². The molecule has 0 fully saturated rings. The predicted molar refractivity (Wildman–Crippen MR) is 96.3 cm³/mol. The lowest BCUT2D eigenvalue weighted by atomic mass is 10.1. The number of carbonyl (C=O) groups excluding carboxylic acids is 1. The number of allylic oxidation sites excluding steroid dienone is 10. The predicted octanol–water partition coefficient (Wildman–Crippen LogP) is 5.17. The van der Waals surface area contributed by atoms with Gasteiger partial charge in [-0.3, -0.25) is 9.59 Å². The fourth-order valence-electron chi connectivity index (χ4n) is 1.70. The zero-order chi connectivity index (χ0) is 17.2. The molecule has 126 valence electrons. The highest BCUT2D eigenvalue weighted by Gasteiger charge is 1.99. The lowest BCUT2D eigenvalue weighted by Gasteiger charge is -1.92. The lowest BCUT2D eigenvalue weighted by molar-refractivity contribution is -0.137.